The summed E-state index contributed by atoms with van der Waals surface area (Å²) in [7, 11) is -2.31. The fourth-order valence-electron chi connectivity index (χ4n) is 4.58. The number of carbonyl (C=O) groups is 1. The standard InChI is InChI=1S/C23H27F2N3O4S/c1-32-23(29)21-14-20(15-26-21)33(30,31)28-12-10-27(11-13-28)22(16-2-6-18(24)7-3-16)17-4-8-19(25)9-5-17/h2-9,20-22,26H,10-15H2,1H3. The summed E-state index contributed by atoms with van der Waals surface area (Å²) >= 11 is 0. The monoisotopic (exact) mass is 479 g/mol. The molecular formula is C23H27F2N3O4S. The number of nitrogens with one attached hydrogen (secondary N) is 1. The third kappa shape index (κ3) is 5.08. The van der Waals surface area contributed by atoms with Crippen molar-refractivity contribution in [1.82, 2.24) is 14.5 Å². The second kappa shape index (κ2) is 9.84. The van der Waals surface area contributed by atoms with Crippen molar-refractivity contribution in [2.45, 2.75) is 23.8 Å². The van der Waals surface area contributed by atoms with Crippen LogP contribution in [0.2, 0.25) is 0 Å². The Morgan fingerprint density at radius 2 is 1.48 bits per heavy atom. The molecule has 0 saturated carbocycles. The van der Waals surface area contributed by atoms with E-state index >= 15 is 0 Å². The predicted molar refractivity (Wildman–Crippen MR) is 119 cm³/mol. The van der Waals surface area contributed by atoms with E-state index in [1.165, 1.54) is 35.7 Å². The highest BCUT2D eigenvalue weighted by Crippen LogP contribution is 2.31. The van der Waals surface area contributed by atoms with E-state index in [4.69, 9.17) is 4.74 Å². The van der Waals surface area contributed by atoms with Gasteiger partial charge in [0.2, 0.25) is 10.0 Å². The SMILES string of the molecule is COC(=O)C1CC(S(=O)(=O)N2CCN(C(c3ccc(F)cc3)c3ccc(F)cc3)CC2)CN1. The van der Waals surface area contributed by atoms with Crippen LogP contribution in [0.4, 0.5) is 8.78 Å². The zero-order valence-electron chi connectivity index (χ0n) is 18.3. The molecule has 178 valence electrons. The molecule has 0 aliphatic carbocycles. The molecule has 0 aromatic heterocycles. The van der Waals surface area contributed by atoms with Gasteiger partial charge in [-0.25, -0.2) is 17.2 Å². The van der Waals surface area contributed by atoms with Crippen molar-refractivity contribution < 1.29 is 26.7 Å². The number of hydrogen-bond donors (Lipinski definition) is 1. The lowest BCUT2D eigenvalue weighted by Gasteiger charge is -2.40. The molecule has 2 atom stereocenters. The molecule has 0 bridgehead atoms. The van der Waals surface area contributed by atoms with Gasteiger partial charge in [0.15, 0.2) is 0 Å². The van der Waals surface area contributed by atoms with Crippen molar-refractivity contribution in [3.8, 4) is 0 Å². The summed E-state index contributed by atoms with van der Waals surface area (Å²) in [6.45, 7) is 1.70. The van der Waals surface area contributed by atoms with E-state index in [9.17, 15) is 22.0 Å². The summed E-state index contributed by atoms with van der Waals surface area (Å²) in [6.07, 6.45) is 0.184. The molecule has 0 spiro atoms. The number of benzene rings is 2. The van der Waals surface area contributed by atoms with Crippen LogP contribution in [-0.4, -0.2) is 74.7 Å². The molecule has 4 rings (SSSR count). The maximum absolute atomic E-state index is 13.5. The number of nitrogens with zero attached hydrogens (tertiary/aromatic N) is 2. The van der Waals surface area contributed by atoms with Crippen molar-refractivity contribution >= 4 is 16.0 Å². The van der Waals surface area contributed by atoms with Gasteiger partial charge < -0.3 is 10.1 Å². The number of carbonyl (C=O) groups excluding carboxylic acids is 1. The lowest BCUT2D eigenvalue weighted by molar-refractivity contribution is -0.142. The van der Waals surface area contributed by atoms with E-state index in [-0.39, 0.29) is 30.6 Å². The lowest BCUT2D eigenvalue weighted by Crippen LogP contribution is -2.52. The Bertz CT molecular complexity index is 1030. The molecule has 2 aromatic carbocycles. The Kier molecular flexibility index (Phi) is 7.08. The first-order chi connectivity index (χ1) is 15.8. The molecule has 10 heteroatoms. The molecule has 2 aromatic rings. The normalized spacial score (nSPS) is 22.5. The molecular weight excluding hydrogens is 452 g/mol. The first-order valence-corrected chi connectivity index (χ1v) is 12.3. The van der Waals surface area contributed by atoms with Gasteiger partial charge in [-0.05, 0) is 41.8 Å². The average Bonchev–Trinajstić information content (AvgIpc) is 3.33. The molecule has 0 amide bonds. The molecule has 2 aliphatic heterocycles. The van der Waals surface area contributed by atoms with Crippen molar-refractivity contribution in [2.24, 2.45) is 0 Å². The highest BCUT2D eigenvalue weighted by Gasteiger charge is 2.42. The molecule has 2 fully saturated rings. The average molecular weight is 480 g/mol. The third-order valence-corrected chi connectivity index (χ3v) is 8.65. The van der Waals surface area contributed by atoms with Crippen LogP contribution in [0.15, 0.2) is 48.5 Å². The van der Waals surface area contributed by atoms with Crippen LogP contribution in [0.1, 0.15) is 23.6 Å². The Morgan fingerprint density at radius 1 is 0.970 bits per heavy atom. The molecule has 33 heavy (non-hydrogen) atoms. The fourth-order valence-corrected chi connectivity index (χ4v) is 6.42. The van der Waals surface area contributed by atoms with E-state index < -0.39 is 27.3 Å². The Balaban J connectivity index is 1.49. The minimum absolute atomic E-state index is 0.184. The predicted octanol–water partition coefficient (Wildman–Crippen LogP) is 1.91. The lowest BCUT2D eigenvalue weighted by atomic mass is 9.96. The van der Waals surface area contributed by atoms with Crippen LogP contribution in [0.3, 0.4) is 0 Å². The van der Waals surface area contributed by atoms with Gasteiger partial charge in [0, 0.05) is 32.7 Å². The second-order valence-corrected chi connectivity index (χ2v) is 10.5. The van der Waals surface area contributed by atoms with Crippen LogP contribution in [0.5, 0.6) is 0 Å². The van der Waals surface area contributed by atoms with Crippen LogP contribution in [0, 0.1) is 11.6 Å². The second-order valence-electron chi connectivity index (χ2n) is 8.33. The summed E-state index contributed by atoms with van der Waals surface area (Å²) in [5.74, 6) is -1.15. The molecule has 1 N–H and O–H groups in total. The number of methoxy groups -OCH3 is 1. The maximum Gasteiger partial charge on any atom is 0.322 e. The molecule has 2 saturated heterocycles. The number of piperazine rings is 1. The minimum atomic E-state index is -3.59. The number of ether oxygens (including phenoxy) is 1. The van der Waals surface area contributed by atoms with E-state index in [2.05, 4.69) is 10.2 Å². The first-order valence-electron chi connectivity index (χ1n) is 10.8. The highest BCUT2D eigenvalue weighted by atomic mass is 32.2. The minimum Gasteiger partial charge on any atom is -0.468 e. The van der Waals surface area contributed by atoms with E-state index in [0.29, 0.717) is 26.2 Å². The zero-order chi connectivity index (χ0) is 23.6. The number of halogens is 2. The van der Waals surface area contributed by atoms with Crippen molar-refractivity contribution in [1.29, 1.82) is 0 Å². The van der Waals surface area contributed by atoms with Gasteiger partial charge in [-0.1, -0.05) is 24.3 Å². The summed E-state index contributed by atoms with van der Waals surface area (Å²) in [6, 6.07) is 11.5. The molecule has 2 heterocycles. The van der Waals surface area contributed by atoms with Gasteiger partial charge >= 0.3 is 5.97 Å². The van der Waals surface area contributed by atoms with Gasteiger partial charge in [0.1, 0.15) is 17.7 Å². The Labute approximate surface area is 192 Å². The first kappa shape index (κ1) is 23.7. The van der Waals surface area contributed by atoms with E-state index in [1.807, 2.05) is 0 Å². The summed E-state index contributed by atoms with van der Waals surface area (Å²) in [5, 5.41) is 2.25. The molecule has 2 aliphatic rings. The van der Waals surface area contributed by atoms with E-state index in [0.717, 1.165) is 11.1 Å². The van der Waals surface area contributed by atoms with Crippen molar-refractivity contribution in [3.05, 3.63) is 71.3 Å². The van der Waals surface area contributed by atoms with Crippen molar-refractivity contribution in [2.75, 3.05) is 39.8 Å². The van der Waals surface area contributed by atoms with Gasteiger partial charge in [0.05, 0.1) is 18.4 Å². The van der Waals surface area contributed by atoms with Crippen LogP contribution < -0.4 is 5.32 Å². The van der Waals surface area contributed by atoms with Crippen LogP contribution in [-0.2, 0) is 19.6 Å². The topological polar surface area (TPSA) is 79.0 Å². The third-order valence-electron chi connectivity index (χ3n) is 6.37. The van der Waals surface area contributed by atoms with Gasteiger partial charge in [-0.3, -0.25) is 9.69 Å². The number of rotatable bonds is 6. The van der Waals surface area contributed by atoms with E-state index in [1.54, 1.807) is 24.3 Å². The summed E-state index contributed by atoms with van der Waals surface area (Å²) in [5.41, 5.74) is 1.69. The van der Waals surface area contributed by atoms with Gasteiger partial charge in [-0.15, -0.1) is 0 Å². The smallest absolute Gasteiger partial charge is 0.322 e. The molecule has 0 radical (unpaired) electrons. The number of hydrogen-bond acceptors (Lipinski definition) is 6. The quantitative estimate of drug-likeness (QED) is 0.638. The number of esters is 1. The zero-order valence-corrected chi connectivity index (χ0v) is 19.1. The van der Waals surface area contributed by atoms with Crippen LogP contribution in [0.25, 0.3) is 0 Å². The molecule has 7 nitrogen and oxygen atoms in total. The highest BCUT2D eigenvalue weighted by molar-refractivity contribution is 7.89. The fraction of sp³-hybridized carbons (Fsp3) is 0.435. The summed E-state index contributed by atoms with van der Waals surface area (Å²) < 4.78 is 59.5. The molecule has 2 unspecified atom stereocenters. The largest absolute Gasteiger partial charge is 0.468 e. The van der Waals surface area contributed by atoms with Gasteiger partial charge in [-0.2, -0.15) is 4.31 Å². The maximum atomic E-state index is 13.5. The van der Waals surface area contributed by atoms with Crippen LogP contribution >= 0.6 is 0 Å². The Hall–Kier alpha value is -2.40. The Morgan fingerprint density at radius 3 is 1.97 bits per heavy atom. The summed E-state index contributed by atoms with van der Waals surface area (Å²) in [4.78, 5) is 13.9. The number of sulfonamides is 1. The van der Waals surface area contributed by atoms with Gasteiger partial charge in [0.25, 0.3) is 0 Å². The van der Waals surface area contributed by atoms with Crippen molar-refractivity contribution in [3.63, 3.8) is 0 Å².